The van der Waals surface area contributed by atoms with Gasteiger partial charge in [0.05, 0.1) is 0 Å². The summed E-state index contributed by atoms with van der Waals surface area (Å²) in [4.78, 5) is 12.1. The fourth-order valence-corrected chi connectivity index (χ4v) is 4.59. The van der Waals surface area contributed by atoms with Crippen LogP contribution in [0.1, 0.15) is 57.8 Å². The number of hydrogen-bond acceptors (Lipinski definition) is 2. The van der Waals surface area contributed by atoms with Gasteiger partial charge in [0, 0.05) is 18.5 Å². The first-order valence-corrected chi connectivity index (χ1v) is 8.54. The Labute approximate surface area is 141 Å². The van der Waals surface area contributed by atoms with Crippen LogP contribution in [-0.2, 0) is 4.79 Å². The number of hydrogen-bond donors (Lipinski definition) is 2. The lowest BCUT2D eigenvalue weighted by atomic mass is 9.89. The van der Waals surface area contributed by atoms with E-state index >= 15 is 0 Å². The minimum absolute atomic E-state index is 0. The van der Waals surface area contributed by atoms with Crippen LogP contribution in [0.4, 0.5) is 13.2 Å². The highest BCUT2D eigenvalue weighted by atomic mass is 35.5. The van der Waals surface area contributed by atoms with Gasteiger partial charge in [-0.1, -0.05) is 12.8 Å². The zero-order valence-corrected chi connectivity index (χ0v) is 14.0. The molecule has 3 aliphatic rings. The van der Waals surface area contributed by atoms with E-state index in [0.29, 0.717) is 24.9 Å². The second-order valence-corrected chi connectivity index (χ2v) is 7.31. The lowest BCUT2D eigenvalue weighted by Gasteiger charge is -2.31. The molecule has 2 saturated heterocycles. The fourth-order valence-electron chi connectivity index (χ4n) is 4.59. The molecule has 0 aromatic heterocycles. The highest BCUT2D eigenvalue weighted by molar-refractivity contribution is 5.85. The van der Waals surface area contributed by atoms with E-state index in [1.54, 1.807) is 0 Å². The average molecular weight is 355 g/mol. The predicted molar refractivity (Wildman–Crippen MR) is 84.5 cm³/mol. The number of fused-ring (bicyclic) bond motifs is 2. The van der Waals surface area contributed by atoms with E-state index in [-0.39, 0.29) is 24.7 Å². The predicted octanol–water partition coefficient (Wildman–Crippen LogP) is 3.57. The summed E-state index contributed by atoms with van der Waals surface area (Å²) < 4.78 is 39.7. The number of halogens is 4. The van der Waals surface area contributed by atoms with Crippen LogP contribution < -0.4 is 10.6 Å². The Hall–Kier alpha value is -0.490. The zero-order chi connectivity index (χ0) is 15.7. The van der Waals surface area contributed by atoms with Crippen LogP contribution in [0.3, 0.4) is 0 Å². The molecule has 2 aliphatic heterocycles. The van der Waals surface area contributed by atoms with Crippen LogP contribution in [0.2, 0.25) is 0 Å². The Bertz CT molecular complexity index is 401. The molecule has 3 unspecified atom stereocenters. The molecule has 0 aromatic rings. The maximum absolute atomic E-state index is 13.2. The number of piperidine rings is 1. The lowest BCUT2D eigenvalue weighted by Crippen LogP contribution is -2.50. The molecule has 2 N–H and O–H groups in total. The highest BCUT2D eigenvalue weighted by Gasteiger charge is 2.46. The van der Waals surface area contributed by atoms with Crippen molar-refractivity contribution in [3.63, 3.8) is 0 Å². The maximum atomic E-state index is 13.2. The third kappa shape index (κ3) is 4.75. The standard InChI is InChI=1S/C16H25F3N2O.ClH/c17-16(18,19)15(11-3-1-2-4-11)21-14(22)9-10-7-12-5-6-13(8-10)20-12;/h10-13,15,20H,1-9H2,(H,21,22);1H. The average Bonchev–Trinajstić information content (AvgIpc) is 3.05. The molecule has 1 saturated carbocycles. The first-order chi connectivity index (χ1) is 10.4. The molecule has 0 aromatic carbocycles. The molecular weight excluding hydrogens is 329 g/mol. The van der Waals surface area contributed by atoms with Crippen molar-refractivity contribution < 1.29 is 18.0 Å². The van der Waals surface area contributed by atoms with E-state index in [9.17, 15) is 18.0 Å². The van der Waals surface area contributed by atoms with Gasteiger partial charge in [-0.25, -0.2) is 0 Å². The summed E-state index contributed by atoms with van der Waals surface area (Å²) in [7, 11) is 0. The molecular formula is C16H26ClF3N2O. The van der Waals surface area contributed by atoms with Gasteiger partial charge in [0.15, 0.2) is 0 Å². The van der Waals surface area contributed by atoms with Crippen LogP contribution in [0.15, 0.2) is 0 Å². The van der Waals surface area contributed by atoms with E-state index in [4.69, 9.17) is 0 Å². The smallest absolute Gasteiger partial charge is 0.344 e. The van der Waals surface area contributed by atoms with Crippen molar-refractivity contribution in [2.45, 2.75) is 82.1 Å². The Balaban J connectivity index is 0.00000192. The van der Waals surface area contributed by atoms with Gasteiger partial charge in [-0.15, -0.1) is 12.4 Å². The van der Waals surface area contributed by atoms with Gasteiger partial charge < -0.3 is 10.6 Å². The van der Waals surface area contributed by atoms with E-state index < -0.39 is 24.0 Å². The maximum Gasteiger partial charge on any atom is 0.408 e. The Morgan fingerprint density at radius 2 is 1.65 bits per heavy atom. The number of carbonyl (C=O) groups is 1. The lowest BCUT2D eigenvalue weighted by molar-refractivity contribution is -0.172. The van der Waals surface area contributed by atoms with Crippen molar-refractivity contribution in [3.05, 3.63) is 0 Å². The van der Waals surface area contributed by atoms with Crippen LogP contribution in [-0.4, -0.2) is 30.2 Å². The fraction of sp³-hybridized carbons (Fsp3) is 0.938. The number of rotatable bonds is 4. The Kier molecular flexibility index (Phi) is 6.22. The van der Waals surface area contributed by atoms with E-state index in [1.165, 1.54) is 0 Å². The molecule has 0 radical (unpaired) electrons. The summed E-state index contributed by atoms with van der Waals surface area (Å²) in [6.45, 7) is 0. The molecule has 0 spiro atoms. The summed E-state index contributed by atoms with van der Waals surface area (Å²) in [5.41, 5.74) is 0. The van der Waals surface area contributed by atoms with Crippen molar-refractivity contribution in [1.29, 1.82) is 0 Å². The molecule has 2 heterocycles. The first-order valence-electron chi connectivity index (χ1n) is 8.54. The molecule has 3 atom stereocenters. The van der Waals surface area contributed by atoms with E-state index in [2.05, 4.69) is 10.6 Å². The first kappa shape index (κ1) is 18.8. The van der Waals surface area contributed by atoms with Gasteiger partial charge in [-0.05, 0) is 50.4 Å². The van der Waals surface area contributed by atoms with Crippen LogP contribution >= 0.6 is 12.4 Å². The topological polar surface area (TPSA) is 41.1 Å². The molecule has 3 nitrogen and oxygen atoms in total. The van der Waals surface area contributed by atoms with Gasteiger partial charge in [-0.2, -0.15) is 13.2 Å². The van der Waals surface area contributed by atoms with Crippen LogP contribution in [0, 0.1) is 11.8 Å². The zero-order valence-electron chi connectivity index (χ0n) is 13.2. The molecule has 7 heteroatoms. The van der Waals surface area contributed by atoms with Gasteiger partial charge in [0.1, 0.15) is 6.04 Å². The van der Waals surface area contributed by atoms with Crippen LogP contribution in [0.25, 0.3) is 0 Å². The second kappa shape index (κ2) is 7.60. The van der Waals surface area contributed by atoms with Crippen molar-refractivity contribution in [3.8, 4) is 0 Å². The molecule has 1 aliphatic carbocycles. The van der Waals surface area contributed by atoms with Gasteiger partial charge in [0.2, 0.25) is 5.91 Å². The normalized spacial score (nSPS) is 32.4. The summed E-state index contributed by atoms with van der Waals surface area (Å²) in [5.74, 6) is -0.620. The van der Waals surface area contributed by atoms with Gasteiger partial charge in [-0.3, -0.25) is 4.79 Å². The minimum Gasteiger partial charge on any atom is -0.344 e. The quantitative estimate of drug-likeness (QED) is 0.810. The number of carbonyl (C=O) groups excluding carboxylic acids is 1. The SMILES string of the molecule is Cl.O=C(CC1CC2CCC(C1)N2)NC(C1CCCC1)C(F)(F)F. The van der Waals surface area contributed by atoms with Crippen molar-refractivity contribution in [2.75, 3.05) is 0 Å². The molecule has 23 heavy (non-hydrogen) atoms. The molecule has 134 valence electrons. The Morgan fingerprint density at radius 3 is 2.17 bits per heavy atom. The van der Waals surface area contributed by atoms with Crippen molar-refractivity contribution >= 4 is 18.3 Å². The summed E-state index contributed by atoms with van der Waals surface area (Å²) >= 11 is 0. The molecule has 1 amide bonds. The molecule has 3 fully saturated rings. The minimum atomic E-state index is -4.34. The third-order valence-corrected chi connectivity index (χ3v) is 5.59. The van der Waals surface area contributed by atoms with E-state index in [0.717, 1.165) is 38.5 Å². The summed E-state index contributed by atoms with van der Waals surface area (Å²) in [6, 6.07) is -0.726. The largest absolute Gasteiger partial charge is 0.408 e. The summed E-state index contributed by atoms with van der Waals surface area (Å²) in [5, 5.41) is 5.80. The highest BCUT2D eigenvalue weighted by Crippen LogP contribution is 2.36. The van der Waals surface area contributed by atoms with Crippen molar-refractivity contribution in [2.24, 2.45) is 11.8 Å². The third-order valence-electron chi connectivity index (χ3n) is 5.59. The molecule has 2 bridgehead atoms. The van der Waals surface area contributed by atoms with Crippen LogP contribution in [0.5, 0.6) is 0 Å². The second-order valence-electron chi connectivity index (χ2n) is 7.31. The Morgan fingerprint density at radius 1 is 1.09 bits per heavy atom. The van der Waals surface area contributed by atoms with Gasteiger partial charge in [0.25, 0.3) is 0 Å². The van der Waals surface area contributed by atoms with E-state index in [1.807, 2.05) is 0 Å². The summed E-state index contributed by atoms with van der Waals surface area (Å²) in [6.07, 6.45) is 2.84. The van der Waals surface area contributed by atoms with Gasteiger partial charge >= 0.3 is 6.18 Å². The number of nitrogens with one attached hydrogen (secondary N) is 2. The van der Waals surface area contributed by atoms with Crippen molar-refractivity contribution in [1.82, 2.24) is 10.6 Å². The number of amides is 1. The monoisotopic (exact) mass is 354 g/mol. The number of alkyl halides is 3. The molecule has 3 rings (SSSR count).